The molecule has 1 aromatic carbocycles. The van der Waals surface area contributed by atoms with E-state index in [0.717, 1.165) is 24.2 Å². The number of nitrogens with two attached hydrogens (primary N) is 1. The summed E-state index contributed by atoms with van der Waals surface area (Å²) < 4.78 is 0. The third-order valence-electron chi connectivity index (χ3n) is 3.86. The summed E-state index contributed by atoms with van der Waals surface area (Å²) >= 11 is 0. The molecule has 0 amide bonds. The Morgan fingerprint density at radius 1 is 1.28 bits per heavy atom. The Morgan fingerprint density at radius 3 is 2.61 bits per heavy atom. The quantitative estimate of drug-likeness (QED) is 0.863. The van der Waals surface area contributed by atoms with Crippen molar-refractivity contribution in [1.29, 1.82) is 0 Å². The molecule has 0 spiro atoms. The van der Waals surface area contributed by atoms with Crippen LogP contribution >= 0.6 is 0 Å². The van der Waals surface area contributed by atoms with E-state index in [0.29, 0.717) is 12.2 Å². The molecule has 0 radical (unpaired) electrons. The maximum absolute atomic E-state index is 9.92. The molecule has 0 aliphatic carbocycles. The van der Waals surface area contributed by atoms with Gasteiger partial charge in [-0.1, -0.05) is 24.1 Å². The van der Waals surface area contributed by atoms with Crippen molar-refractivity contribution in [1.82, 2.24) is 4.90 Å². The number of phenolic OH excluding ortho intramolecular Hbond substituents is 1. The first kappa shape index (κ1) is 13.4. The van der Waals surface area contributed by atoms with Crippen LogP contribution in [0, 0.1) is 6.92 Å². The summed E-state index contributed by atoms with van der Waals surface area (Å²) in [6, 6.07) is 5.72. The lowest BCUT2D eigenvalue weighted by Gasteiger charge is -2.41. The van der Waals surface area contributed by atoms with Gasteiger partial charge in [-0.05, 0) is 51.4 Å². The van der Waals surface area contributed by atoms with Crippen molar-refractivity contribution in [2.45, 2.75) is 45.2 Å². The van der Waals surface area contributed by atoms with Gasteiger partial charge in [-0.25, -0.2) is 0 Å². The Bertz CT molecular complexity index is 409. The van der Waals surface area contributed by atoms with Crippen molar-refractivity contribution in [3.63, 3.8) is 0 Å². The fourth-order valence-electron chi connectivity index (χ4n) is 2.76. The molecule has 1 aliphatic heterocycles. The van der Waals surface area contributed by atoms with Crippen molar-refractivity contribution >= 4 is 0 Å². The highest BCUT2D eigenvalue weighted by Gasteiger charge is 2.29. The van der Waals surface area contributed by atoms with E-state index in [-0.39, 0.29) is 5.66 Å². The largest absolute Gasteiger partial charge is 0.508 e. The summed E-state index contributed by atoms with van der Waals surface area (Å²) in [5.74, 6) is 0.356. The predicted molar refractivity (Wildman–Crippen MR) is 74.6 cm³/mol. The van der Waals surface area contributed by atoms with Crippen molar-refractivity contribution in [2.75, 3.05) is 13.1 Å². The van der Waals surface area contributed by atoms with E-state index < -0.39 is 0 Å². The molecule has 3 heteroatoms. The van der Waals surface area contributed by atoms with E-state index in [1.807, 2.05) is 19.1 Å². The van der Waals surface area contributed by atoms with Gasteiger partial charge in [0.25, 0.3) is 0 Å². The minimum atomic E-state index is -0.369. The Balaban J connectivity index is 2.13. The molecule has 1 saturated heterocycles. The van der Waals surface area contributed by atoms with Gasteiger partial charge in [0.2, 0.25) is 0 Å². The monoisotopic (exact) mass is 248 g/mol. The highest BCUT2D eigenvalue weighted by molar-refractivity contribution is 5.36. The van der Waals surface area contributed by atoms with Crippen LogP contribution in [-0.4, -0.2) is 28.8 Å². The first-order valence-electron chi connectivity index (χ1n) is 6.81. The molecule has 0 bridgehead atoms. The molecule has 0 aromatic heterocycles. The zero-order chi connectivity index (χ0) is 13.2. The number of aromatic hydroxyl groups is 1. The molecule has 3 nitrogen and oxygen atoms in total. The van der Waals surface area contributed by atoms with E-state index in [2.05, 4.69) is 11.8 Å². The number of rotatable bonds is 3. The molecule has 1 fully saturated rings. The second-order valence-corrected chi connectivity index (χ2v) is 5.71. The number of likely N-dealkylation sites (tertiary alicyclic amines) is 1. The Kier molecular flexibility index (Phi) is 3.93. The molecule has 0 saturated carbocycles. The zero-order valence-electron chi connectivity index (χ0n) is 11.4. The van der Waals surface area contributed by atoms with Crippen molar-refractivity contribution < 1.29 is 5.11 Å². The van der Waals surface area contributed by atoms with E-state index in [4.69, 9.17) is 5.73 Å². The molecule has 1 heterocycles. The average molecular weight is 248 g/mol. The second kappa shape index (κ2) is 5.29. The highest BCUT2D eigenvalue weighted by atomic mass is 16.3. The number of hydrogen-bond acceptors (Lipinski definition) is 3. The molecule has 1 aliphatic rings. The molecule has 100 valence electrons. The molecule has 2 rings (SSSR count). The van der Waals surface area contributed by atoms with Crippen LogP contribution in [0.3, 0.4) is 0 Å². The van der Waals surface area contributed by atoms with E-state index in [1.54, 1.807) is 6.07 Å². The van der Waals surface area contributed by atoms with Gasteiger partial charge in [-0.3, -0.25) is 4.90 Å². The fourth-order valence-corrected chi connectivity index (χ4v) is 2.76. The standard InChI is InChI=1S/C15H24N2O/c1-12-6-7-14(18)13(10-12)11-15(2,16)17-8-4-3-5-9-17/h6-7,10,18H,3-5,8-9,11,16H2,1-2H3. The summed E-state index contributed by atoms with van der Waals surface area (Å²) in [5.41, 5.74) is 8.20. The van der Waals surface area contributed by atoms with Gasteiger partial charge in [-0.2, -0.15) is 0 Å². The first-order valence-corrected chi connectivity index (χ1v) is 6.81. The van der Waals surface area contributed by atoms with E-state index >= 15 is 0 Å². The summed E-state index contributed by atoms with van der Waals surface area (Å²) in [6.07, 6.45) is 4.46. The van der Waals surface area contributed by atoms with Gasteiger partial charge >= 0.3 is 0 Å². The van der Waals surface area contributed by atoms with Crippen molar-refractivity contribution in [3.8, 4) is 5.75 Å². The van der Waals surface area contributed by atoms with Crippen LogP contribution in [0.1, 0.15) is 37.3 Å². The van der Waals surface area contributed by atoms with Crippen LogP contribution in [-0.2, 0) is 6.42 Å². The molecule has 3 N–H and O–H groups in total. The summed E-state index contributed by atoms with van der Waals surface area (Å²) in [4.78, 5) is 2.35. The van der Waals surface area contributed by atoms with Crippen LogP contribution in [0.5, 0.6) is 5.75 Å². The topological polar surface area (TPSA) is 49.5 Å². The van der Waals surface area contributed by atoms with Crippen LogP contribution in [0.25, 0.3) is 0 Å². The number of piperidine rings is 1. The molecule has 1 aromatic rings. The smallest absolute Gasteiger partial charge is 0.118 e. The van der Waals surface area contributed by atoms with Gasteiger partial charge in [0, 0.05) is 6.42 Å². The maximum atomic E-state index is 9.92. The number of benzene rings is 1. The molecular formula is C15H24N2O. The number of phenols is 1. The van der Waals surface area contributed by atoms with Gasteiger partial charge in [0.05, 0.1) is 5.66 Å². The molecular weight excluding hydrogens is 224 g/mol. The minimum absolute atomic E-state index is 0.356. The molecule has 18 heavy (non-hydrogen) atoms. The lowest BCUT2D eigenvalue weighted by molar-refractivity contribution is 0.0851. The number of hydrogen-bond donors (Lipinski definition) is 2. The Morgan fingerprint density at radius 2 is 1.94 bits per heavy atom. The molecule has 1 atom stereocenters. The highest BCUT2D eigenvalue weighted by Crippen LogP contribution is 2.26. The third kappa shape index (κ3) is 3.03. The summed E-state index contributed by atoms with van der Waals surface area (Å²) in [6.45, 7) is 6.25. The van der Waals surface area contributed by atoms with Crippen molar-refractivity contribution in [2.24, 2.45) is 5.73 Å². The number of aryl methyl sites for hydroxylation is 1. The maximum Gasteiger partial charge on any atom is 0.118 e. The normalized spacial score (nSPS) is 20.6. The fraction of sp³-hybridized carbons (Fsp3) is 0.600. The molecule has 1 unspecified atom stereocenters. The van der Waals surface area contributed by atoms with Gasteiger partial charge in [-0.15, -0.1) is 0 Å². The summed E-state index contributed by atoms with van der Waals surface area (Å²) in [7, 11) is 0. The Labute approximate surface area is 110 Å². The lowest BCUT2D eigenvalue weighted by atomic mass is 9.96. The van der Waals surface area contributed by atoms with Gasteiger partial charge < -0.3 is 10.8 Å². The first-order chi connectivity index (χ1) is 8.49. The van der Waals surface area contributed by atoms with Crippen LogP contribution < -0.4 is 5.73 Å². The van der Waals surface area contributed by atoms with E-state index in [9.17, 15) is 5.11 Å². The Hall–Kier alpha value is -1.06. The van der Waals surface area contributed by atoms with E-state index in [1.165, 1.54) is 19.3 Å². The predicted octanol–water partition coefficient (Wildman–Crippen LogP) is 2.40. The SMILES string of the molecule is Cc1ccc(O)c(CC(C)(N)N2CCCCC2)c1. The van der Waals surface area contributed by atoms with Crippen molar-refractivity contribution in [3.05, 3.63) is 29.3 Å². The summed E-state index contributed by atoms with van der Waals surface area (Å²) in [5, 5.41) is 9.92. The number of nitrogens with zero attached hydrogens (tertiary/aromatic N) is 1. The van der Waals surface area contributed by atoms with Crippen LogP contribution in [0.4, 0.5) is 0 Å². The van der Waals surface area contributed by atoms with Crippen LogP contribution in [0.2, 0.25) is 0 Å². The van der Waals surface area contributed by atoms with Gasteiger partial charge in [0.1, 0.15) is 5.75 Å². The third-order valence-corrected chi connectivity index (χ3v) is 3.86. The van der Waals surface area contributed by atoms with Gasteiger partial charge in [0.15, 0.2) is 0 Å². The second-order valence-electron chi connectivity index (χ2n) is 5.71. The average Bonchev–Trinajstić information content (AvgIpc) is 2.35. The van der Waals surface area contributed by atoms with Crippen LogP contribution in [0.15, 0.2) is 18.2 Å². The minimum Gasteiger partial charge on any atom is -0.508 e. The zero-order valence-corrected chi connectivity index (χ0v) is 11.4. The lowest BCUT2D eigenvalue weighted by Crippen LogP contribution is -2.56.